The Hall–Kier alpha value is -2.69. The van der Waals surface area contributed by atoms with Crippen LogP contribution in [-0.2, 0) is 4.79 Å². The van der Waals surface area contributed by atoms with Gasteiger partial charge in [0, 0.05) is 18.7 Å². The number of oxazole rings is 1. The van der Waals surface area contributed by atoms with Crippen molar-refractivity contribution >= 4 is 17.1 Å². The quantitative estimate of drug-likeness (QED) is 0.539. The summed E-state index contributed by atoms with van der Waals surface area (Å²) in [7, 11) is 0. The molecule has 0 aliphatic carbocycles. The molecule has 0 radical (unpaired) electrons. The van der Waals surface area contributed by atoms with Crippen LogP contribution in [0.1, 0.15) is 13.3 Å². The van der Waals surface area contributed by atoms with Crippen LogP contribution in [0.15, 0.2) is 47.0 Å². The molecule has 0 saturated heterocycles. The van der Waals surface area contributed by atoms with Crippen molar-refractivity contribution in [2.45, 2.75) is 13.3 Å². The average Bonchev–Trinajstić information content (AvgIpc) is 2.91. The summed E-state index contributed by atoms with van der Waals surface area (Å²) in [5, 5.41) is 0. The first-order chi connectivity index (χ1) is 9.76. The van der Waals surface area contributed by atoms with Gasteiger partial charge in [0.05, 0.1) is 0 Å². The number of ether oxygens (including phenoxy) is 1. The third-order valence-electron chi connectivity index (χ3n) is 2.76. The molecule has 1 aromatic carbocycles. The van der Waals surface area contributed by atoms with Gasteiger partial charge in [-0.05, 0) is 24.3 Å². The molecule has 0 saturated carbocycles. The zero-order valence-corrected chi connectivity index (χ0v) is 10.9. The summed E-state index contributed by atoms with van der Waals surface area (Å²) in [6.07, 6.45) is 2.01. The second kappa shape index (κ2) is 5.13. The van der Waals surface area contributed by atoms with Crippen LogP contribution in [0.3, 0.4) is 0 Å². The first-order valence-electron chi connectivity index (χ1n) is 6.29. The first-order valence-corrected chi connectivity index (χ1v) is 6.29. The monoisotopic (exact) mass is 268 g/mol. The van der Waals surface area contributed by atoms with E-state index in [1.807, 2.05) is 18.2 Å². The molecule has 0 bridgehead atoms. The zero-order valence-electron chi connectivity index (χ0n) is 10.9. The molecule has 0 unspecified atom stereocenters. The minimum atomic E-state index is -0.284. The van der Waals surface area contributed by atoms with E-state index >= 15 is 0 Å². The van der Waals surface area contributed by atoms with Gasteiger partial charge in [-0.2, -0.15) is 0 Å². The van der Waals surface area contributed by atoms with Crippen molar-refractivity contribution in [3.8, 4) is 17.3 Å². The number of rotatable bonds is 3. The molecule has 5 nitrogen and oxygen atoms in total. The number of carbonyl (C=O) groups is 1. The summed E-state index contributed by atoms with van der Waals surface area (Å²) in [6, 6.07) is 10.6. The van der Waals surface area contributed by atoms with Gasteiger partial charge in [0.15, 0.2) is 5.58 Å². The van der Waals surface area contributed by atoms with Gasteiger partial charge >= 0.3 is 5.97 Å². The Morgan fingerprint density at radius 1 is 1.30 bits per heavy atom. The van der Waals surface area contributed by atoms with Gasteiger partial charge in [-0.25, -0.2) is 4.98 Å². The summed E-state index contributed by atoms with van der Waals surface area (Å²) < 4.78 is 10.8. The Balaban J connectivity index is 1.97. The van der Waals surface area contributed by atoms with Crippen LogP contribution in [0.25, 0.3) is 22.7 Å². The minimum absolute atomic E-state index is 0.284. The molecule has 3 aromatic rings. The fraction of sp³-hybridized carbons (Fsp3) is 0.133. The van der Waals surface area contributed by atoms with E-state index in [1.54, 1.807) is 31.3 Å². The lowest BCUT2D eigenvalue weighted by Gasteiger charge is -2.00. The van der Waals surface area contributed by atoms with Crippen LogP contribution < -0.4 is 4.74 Å². The van der Waals surface area contributed by atoms with Crippen LogP contribution in [0.5, 0.6) is 5.75 Å². The maximum atomic E-state index is 11.3. The lowest BCUT2D eigenvalue weighted by Crippen LogP contribution is -2.05. The normalized spacial score (nSPS) is 10.7. The molecule has 2 aromatic heterocycles. The number of pyridine rings is 1. The summed E-state index contributed by atoms with van der Waals surface area (Å²) in [4.78, 5) is 19.8. The third kappa shape index (κ3) is 2.38. The molecular formula is C15H12N2O3. The SMILES string of the molecule is CCC(=O)Oc1ccc2nc(-c3ccccn3)oc2c1. The molecule has 5 heteroatoms. The molecule has 0 N–H and O–H groups in total. The highest BCUT2D eigenvalue weighted by molar-refractivity contribution is 5.79. The molecule has 20 heavy (non-hydrogen) atoms. The standard InChI is InChI=1S/C15H12N2O3/c1-2-14(18)19-10-6-7-11-13(9-10)20-15(17-11)12-5-3-4-8-16-12/h3-9H,2H2,1H3. The molecule has 3 rings (SSSR count). The van der Waals surface area contributed by atoms with E-state index in [1.165, 1.54) is 0 Å². The second-order valence-electron chi connectivity index (χ2n) is 4.19. The minimum Gasteiger partial charge on any atom is -0.435 e. The van der Waals surface area contributed by atoms with E-state index < -0.39 is 0 Å². The number of fused-ring (bicyclic) bond motifs is 1. The van der Waals surface area contributed by atoms with Crippen molar-refractivity contribution < 1.29 is 13.9 Å². The lowest BCUT2D eigenvalue weighted by atomic mass is 10.3. The number of hydrogen-bond acceptors (Lipinski definition) is 5. The van der Waals surface area contributed by atoms with E-state index in [-0.39, 0.29) is 5.97 Å². The number of hydrogen-bond donors (Lipinski definition) is 0. The van der Waals surface area contributed by atoms with Gasteiger partial charge in [-0.1, -0.05) is 13.0 Å². The highest BCUT2D eigenvalue weighted by Crippen LogP contribution is 2.26. The molecule has 100 valence electrons. The fourth-order valence-electron chi connectivity index (χ4n) is 1.77. The highest BCUT2D eigenvalue weighted by atomic mass is 16.5. The smallest absolute Gasteiger partial charge is 0.310 e. The van der Waals surface area contributed by atoms with E-state index in [2.05, 4.69) is 9.97 Å². The average molecular weight is 268 g/mol. The van der Waals surface area contributed by atoms with E-state index in [4.69, 9.17) is 9.15 Å². The number of benzene rings is 1. The van der Waals surface area contributed by atoms with Gasteiger partial charge in [0.1, 0.15) is 17.0 Å². The molecule has 0 aliphatic heterocycles. The van der Waals surface area contributed by atoms with E-state index in [9.17, 15) is 4.79 Å². The van der Waals surface area contributed by atoms with E-state index in [0.29, 0.717) is 34.9 Å². The van der Waals surface area contributed by atoms with E-state index in [0.717, 1.165) is 0 Å². The molecule has 0 fully saturated rings. The van der Waals surface area contributed by atoms with Crippen molar-refractivity contribution in [1.29, 1.82) is 0 Å². The van der Waals surface area contributed by atoms with Crippen molar-refractivity contribution in [2.75, 3.05) is 0 Å². The molecular weight excluding hydrogens is 256 g/mol. The van der Waals surface area contributed by atoms with Gasteiger partial charge in [-0.15, -0.1) is 0 Å². The van der Waals surface area contributed by atoms with Crippen LogP contribution in [0.2, 0.25) is 0 Å². The Morgan fingerprint density at radius 3 is 2.95 bits per heavy atom. The maximum absolute atomic E-state index is 11.3. The second-order valence-corrected chi connectivity index (χ2v) is 4.19. The van der Waals surface area contributed by atoms with Gasteiger partial charge < -0.3 is 9.15 Å². The Morgan fingerprint density at radius 2 is 2.20 bits per heavy atom. The molecule has 0 aliphatic rings. The van der Waals surface area contributed by atoms with Crippen LogP contribution in [-0.4, -0.2) is 15.9 Å². The lowest BCUT2D eigenvalue weighted by molar-refractivity contribution is -0.134. The summed E-state index contributed by atoms with van der Waals surface area (Å²) in [6.45, 7) is 1.74. The number of esters is 1. The number of nitrogens with zero attached hydrogens (tertiary/aromatic N) is 2. The molecule has 2 heterocycles. The Bertz CT molecular complexity index is 750. The zero-order chi connectivity index (χ0) is 13.9. The van der Waals surface area contributed by atoms with Crippen LogP contribution >= 0.6 is 0 Å². The number of aromatic nitrogens is 2. The third-order valence-corrected chi connectivity index (χ3v) is 2.76. The Kier molecular flexibility index (Phi) is 3.16. The number of carbonyl (C=O) groups excluding carboxylic acids is 1. The van der Waals surface area contributed by atoms with Crippen LogP contribution in [0.4, 0.5) is 0 Å². The molecule has 0 amide bonds. The van der Waals surface area contributed by atoms with Crippen molar-refractivity contribution in [3.05, 3.63) is 42.6 Å². The molecule has 0 spiro atoms. The topological polar surface area (TPSA) is 65.2 Å². The van der Waals surface area contributed by atoms with Crippen molar-refractivity contribution in [1.82, 2.24) is 9.97 Å². The summed E-state index contributed by atoms with van der Waals surface area (Å²) in [5.41, 5.74) is 1.92. The van der Waals surface area contributed by atoms with Crippen molar-refractivity contribution in [2.24, 2.45) is 0 Å². The maximum Gasteiger partial charge on any atom is 0.310 e. The largest absolute Gasteiger partial charge is 0.435 e. The van der Waals surface area contributed by atoms with Gasteiger partial charge in [-0.3, -0.25) is 9.78 Å². The highest BCUT2D eigenvalue weighted by Gasteiger charge is 2.10. The first kappa shape index (κ1) is 12.3. The summed E-state index contributed by atoms with van der Waals surface area (Å²) in [5.74, 6) is 0.612. The predicted molar refractivity (Wildman–Crippen MR) is 73.2 cm³/mol. The van der Waals surface area contributed by atoms with Gasteiger partial charge in [0.25, 0.3) is 0 Å². The predicted octanol–water partition coefficient (Wildman–Crippen LogP) is 3.21. The van der Waals surface area contributed by atoms with Crippen molar-refractivity contribution in [3.63, 3.8) is 0 Å². The summed E-state index contributed by atoms with van der Waals surface area (Å²) >= 11 is 0. The van der Waals surface area contributed by atoms with Gasteiger partial charge in [0.2, 0.25) is 5.89 Å². The van der Waals surface area contributed by atoms with Crippen LogP contribution in [0, 0.1) is 0 Å². The Labute approximate surface area is 115 Å². The fourth-order valence-corrected chi connectivity index (χ4v) is 1.77. The molecule has 0 atom stereocenters.